The Morgan fingerprint density at radius 2 is 2.08 bits per heavy atom. The molecule has 3 rings (SSSR count). The summed E-state index contributed by atoms with van der Waals surface area (Å²) in [5.74, 6) is 0.455. The van der Waals surface area contributed by atoms with Crippen LogP contribution in [-0.2, 0) is 10.0 Å². The fourth-order valence-corrected chi connectivity index (χ4v) is 3.94. The summed E-state index contributed by atoms with van der Waals surface area (Å²) in [4.78, 5) is 8.05. The molecule has 8 nitrogen and oxygen atoms in total. The van der Waals surface area contributed by atoms with E-state index in [1.807, 2.05) is 0 Å². The Morgan fingerprint density at radius 1 is 1.33 bits per heavy atom. The van der Waals surface area contributed by atoms with Crippen LogP contribution >= 0.6 is 27.5 Å². The summed E-state index contributed by atoms with van der Waals surface area (Å²) in [6, 6.07) is 4.92. The van der Waals surface area contributed by atoms with Crippen molar-refractivity contribution in [2.45, 2.75) is 12.1 Å². The molecule has 11 heteroatoms. The Kier molecular flexibility index (Phi) is 4.37. The highest BCUT2D eigenvalue weighted by Gasteiger charge is 2.23. The van der Waals surface area contributed by atoms with Gasteiger partial charge in [0.15, 0.2) is 0 Å². The van der Waals surface area contributed by atoms with Gasteiger partial charge in [-0.1, -0.05) is 17.7 Å². The third kappa shape index (κ3) is 3.04. The molecule has 0 amide bonds. The van der Waals surface area contributed by atoms with Gasteiger partial charge in [-0.25, -0.2) is 4.52 Å². The number of anilines is 1. The number of para-hydroxylation sites is 1. The molecule has 0 saturated carbocycles. The second-order valence-corrected chi connectivity index (χ2v) is 7.61. The molecule has 0 aliphatic rings. The molecule has 3 aromatic rings. The molecular weight excluding hydrogens is 422 g/mol. The Balaban J connectivity index is 2.05. The molecule has 0 fully saturated rings. The quantitative estimate of drug-likeness (QED) is 0.680. The minimum atomic E-state index is -4.04. The predicted octanol–water partition coefficient (Wildman–Crippen LogP) is 2.66. The maximum Gasteiger partial charge on any atom is 0.299 e. The van der Waals surface area contributed by atoms with Gasteiger partial charge in [-0.15, -0.1) is 5.10 Å². The highest BCUT2D eigenvalue weighted by Crippen LogP contribution is 2.31. The van der Waals surface area contributed by atoms with Crippen LogP contribution < -0.4 is 9.46 Å². The SMILES string of the molecule is COc1nc2nc(S(=O)(=O)Nc3c(Cl)cccc3Br)nn2cc1C. The minimum Gasteiger partial charge on any atom is -0.481 e. The van der Waals surface area contributed by atoms with Gasteiger partial charge in [0, 0.05) is 16.2 Å². The van der Waals surface area contributed by atoms with Gasteiger partial charge in [-0.2, -0.15) is 18.4 Å². The Bertz CT molecular complexity index is 1020. The molecule has 0 bridgehead atoms. The molecule has 0 aliphatic heterocycles. The number of benzene rings is 1. The molecule has 126 valence electrons. The van der Waals surface area contributed by atoms with Crippen molar-refractivity contribution in [1.29, 1.82) is 0 Å². The lowest BCUT2D eigenvalue weighted by atomic mass is 10.3. The van der Waals surface area contributed by atoms with E-state index in [4.69, 9.17) is 16.3 Å². The second kappa shape index (κ2) is 6.19. The number of sulfonamides is 1. The van der Waals surface area contributed by atoms with E-state index in [0.717, 1.165) is 0 Å². The van der Waals surface area contributed by atoms with Crippen LogP contribution in [0.3, 0.4) is 0 Å². The van der Waals surface area contributed by atoms with Crippen LogP contribution in [0, 0.1) is 6.92 Å². The van der Waals surface area contributed by atoms with Crippen molar-refractivity contribution in [2.75, 3.05) is 11.8 Å². The number of nitrogens with one attached hydrogen (secondary N) is 1. The number of aromatic nitrogens is 4. The zero-order valence-corrected chi connectivity index (χ0v) is 15.6. The van der Waals surface area contributed by atoms with Crippen molar-refractivity contribution in [3.05, 3.63) is 39.5 Å². The number of aryl methyl sites for hydroxylation is 1. The Morgan fingerprint density at radius 3 is 2.75 bits per heavy atom. The van der Waals surface area contributed by atoms with Gasteiger partial charge in [-0.3, -0.25) is 4.72 Å². The topological polar surface area (TPSA) is 98.5 Å². The van der Waals surface area contributed by atoms with E-state index in [1.165, 1.54) is 11.6 Å². The Labute approximate surface area is 151 Å². The predicted molar refractivity (Wildman–Crippen MR) is 92.0 cm³/mol. The summed E-state index contributed by atoms with van der Waals surface area (Å²) >= 11 is 9.28. The molecule has 24 heavy (non-hydrogen) atoms. The molecule has 0 saturated heterocycles. The van der Waals surface area contributed by atoms with Gasteiger partial charge in [-0.05, 0) is 35.0 Å². The van der Waals surface area contributed by atoms with Crippen molar-refractivity contribution in [3.8, 4) is 5.88 Å². The van der Waals surface area contributed by atoms with Gasteiger partial charge in [0.1, 0.15) is 0 Å². The fourth-order valence-electron chi connectivity index (χ4n) is 1.97. The summed E-state index contributed by atoms with van der Waals surface area (Å²) in [6.07, 6.45) is 1.58. The van der Waals surface area contributed by atoms with E-state index < -0.39 is 15.2 Å². The average molecular weight is 433 g/mol. The van der Waals surface area contributed by atoms with Gasteiger partial charge >= 0.3 is 0 Å². The first-order valence-electron chi connectivity index (χ1n) is 6.56. The number of ether oxygens (including phenoxy) is 1. The molecule has 0 radical (unpaired) electrons. The molecule has 0 spiro atoms. The van der Waals surface area contributed by atoms with Crippen molar-refractivity contribution < 1.29 is 13.2 Å². The van der Waals surface area contributed by atoms with Gasteiger partial charge in [0.2, 0.25) is 5.88 Å². The highest BCUT2D eigenvalue weighted by molar-refractivity contribution is 9.10. The lowest BCUT2D eigenvalue weighted by Gasteiger charge is -2.08. The summed E-state index contributed by atoms with van der Waals surface area (Å²) in [6.45, 7) is 1.76. The Hall–Kier alpha value is -1.91. The van der Waals surface area contributed by atoms with Crippen LogP contribution in [0.5, 0.6) is 5.88 Å². The normalized spacial score (nSPS) is 11.7. The van der Waals surface area contributed by atoms with Crippen LogP contribution in [0.2, 0.25) is 5.02 Å². The van der Waals surface area contributed by atoms with E-state index in [0.29, 0.717) is 15.9 Å². The zero-order valence-electron chi connectivity index (χ0n) is 12.5. The van der Waals surface area contributed by atoms with Crippen molar-refractivity contribution >= 4 is 49.0 Å². The lowest BCUT2D eigenvalue weighted by molar-refractivity contribution is 0.394. The van der Waals surface area contributed by atoms with E-state index in [2.05, 4.69) is 35.7 Å². The molecular formula is C13H11BrClN5O3S. The van der Waals surface area contributed by atoms with Gasteiger partial charge in [0.05, 0.1) is 17.8 Å². The van der Waals surface area contributed by atoms with Crippen molar-refractivity contribution in [1.82, 2.24) is 19.6 Å². The van der Waals surface area contributed by atoms with Crippen LogP contribution in [0.4, 0.5) is 5.69 Å². The number of nitrogens with zero attached hydrogens (tertiary/aromatic N) is 4. The second-order valence-electron chi connectivity index (χ2n) is 4.77. The average Bonchev–Trinajstić information content (AvgIpc) is 2.94. The molecule has 0 aliphatic carbocycles. The largest absolute Gasteiger partial charge is 0.481 e. The summed E-state index contributed by atoms with van der Waals surface area (Å²) < 4.78 is 34.3. The summed E-state index contributed by atoms with van der Waals surface area (Å²) in [5.41, 5.74) is 0.903. The monoisotopic (exact) mass is 431 g/mol. The number of fused-ring (bicyclic) bond motifs is 1. The first kappa shape index (κ1) is 16.9. The fraction of sp³-hybridized carbons (Fsp3) is 0.154. The van der Waals surface area contributed by atoms with E-state index in [1.54, 1.807) is 31.3 Å². The third-order valence-corrected chi connectivity index (χ3v) is 5.18. The molecule has 1 N–H and O–H groups in total. The number of rotatable bonds is 4. The first-order valence-corrected chi connectivity index (χ1v) is 9.22. The van der Waals surface area contributed by atoms with E-state index in [9.17, 15) is 8.42 Å². The molecule has 0 atom stereocenters. The van der Waals surface area contributed by atoms with Crippen molar-refractivity contribution in [2.24, 2.45) is 0 Å². The minimum absolute atomic E-state index is 0.107. The number of hydrogen-bond acceptors (Lipinski definition) is 6. The summed E-state index contributed by atoms with van der Waals surface area (Å²) in [7, 11) is -2.57. The molecule has 2 aromatic heterocycles. The number of halogens is 2. The van der Waals surface area contributed by atoms with Crippen LogP contribution in [0.1, 0.15) is 5.56 Å². The van der Waals surface area contributed by atoms with Crippen LogP contribution in [-0.4, -0.2) is 35.1 Å². The lowest BCUT2D eigenvalue weighted by Crippen LogP contribution is -2.15. The van der Waals surface area contributed by atoms with Crippen molar-refractivity contribution in [3.63, 3.8) is 0 Å². The maximum atomic E-state index is 12.5. The van der Waals surface area contributed by atoms with Gasteiger partial charge < -0.3 is 4.74 Å². The molecule has 1 aromatic carbocycles. The highest BCUT2D eigenvalue weighted by atomic mass is 79.9. The number of methoxy groups -OCH3 is 1. The molecule has 2 heterocycles. The van der Waals surface area contributed by atoms with E-state index in [-0.39, 0.29) is 16.5 Å². The molecule has 0 unspecified atom stereocenters. The zero-order chi connectivity index (χ0) is 17.5. The van der Waals surface area contributed by atoms with Crippen LogP contribution in [0.15, 0.2) is 34.0 Å². The van der Waals surface area contributed by atoms with Crippen LogP contribution in [0.25, 0.3) is 5.78 Å². The first-order chi connectivity index (χ1) is 11.3. The summed E-state index contributed by atoms with van der Waals surface area (Å²) in [5, 5.41) is 3.78. The third-order valence-electron chi connectivity index (χ3n) is 3.08. The maximum absolute atomic E-state index is 12.5. The number of hydrogen-bond donors (Lipinski definition) is 1. The smallest absolute Gasteiger partial charge is 0.299 e. The van der Waals surface area contributed by atoms with E-state index >= 15 is 0 Å². The standard InChI is InChI=1S/C13H11BrClN5O3S/c1-7-6-20-12(16-11(7)23-2)17-13(18-20)24(21,22)19-10-8(14)4-3-5-9(10)15/h3-6,19H,1-2H3. The van der Waals surface area contributed by atoms with Gasteiger partial charge in [0.25, 0.3) is 21.0 Å².